The first-order chi connectivity index (χ1) is 12.3. The number of fused-ring (bicyclic) bond motifs is 1. The van der Waals surface area contributed by atoms with Gasteiger partial charge in [0, 0.05) is 11.3 Å². The van der Waals surface area contributed by atoms with E-state index in [1.807, 2.05) is 60.7 Å². The zero-order chi connectivity index (χ0) is 17.2. The van der Waals surface area contributed by atoms with Gasteiger partial charge < -0.3 is 10.2 Å². The number of benzene rings is 4. The Balaban J connectivity index is 2.04. The molecule has 2 nitrogen and oxygen atoms in total. The van der Waals surface area contributed by atoms with Crippen LogP contribution in [0.4, 0.5) is 0 Å². The summed E-state index contributed by atoms with van der Waals surface area (Å²) < 4.78 is 0. The van der Waals surface area contributed by atoms with E-state index in [9.17, 15) is 10.2 Å². The standard InChI is InChI=1S/C23H18O2/c24-21-15-20(18-13-7-8-14-19(18)23(21)25)22(16-9-3-1-4-10-16)17-11-5-2-6-12-17/h1-15,22,24-25H. The van der Waals surface area contributed by atoms with Crippen LogP contribution in [-0.4, -0.2) is 10.2 Å². The second-order valence-corrected chi connectivity index (χ2v) is 6.13. The smallest absolute Gasteiger partial charge is 0.165 e. The first kappa shape index (κ1) is 15.3. The molecule has 4 aromatic carbocycles. The molecule has 0 aliphatic heterocycles. The molecular formula is C23H18O2. The van der Waals surface area contributed by atoms with Gasteiger partial charge in [0.15, 0.2) is 11.5 Å². The van der Waals surface area contributed by atoms with Crippen LogP contribution in [0.25, 0.3) is 10.8 Å². The van der Waals surface area contributed by atoms with Crippen molar-refractivity contribution in [2.75, 3.05) is 0 Å². The Morgan fingerprint density at radius 2 is 1.04 bits per heavy atom. The van der Waals surface area contributed by atoms with Crippen molar-refractivity contribution in [1.29, 1.82) is 0 Å². The average Bonchev–Trinajstić information content (AvgIpc) is 2.68. The molecule has 25 heavy (non-hydrogen) atoms. The quantitative estimate of drug-likeness (QED) is 0.389. The molecule has 122 valence electrons. The van der Waals surface area contributed by atoms with Crippen molar-refractivity contribution in [3.8, 4) is 11.5 Å². The molecule has 0 aliphatic carbocycles. The van der Waals surface area contributed by atoms with Gasteiger partial charge >= 0.3 is 0 Å². The van der Waals surface area contributed by atoms with Gasteiger partial charge in [0.1, 0.15) is 0 Å². The summed E-state index contributed by atoms with van der Waals surface area (Å²) >= 11 is 0. The molecule has 0 amide bonds. The van der Waals surface area contributed by atoms with Gasteiger partial charge in [-0.15, -0.1) is 0 Å². The van der Waals surface area contributed by atoms with Gasteiger partial charge in [0.05, 0.1) is 0 Å². The maximum atomic E-state index is 10.3. The van der Waals surface area contributed by atoms with Crippen LogP contribution in [0.5, 0.6) is 11.5 Å². The highest BCUT2D eigenvalue weighted by Crippen LogP contribution is 2.42. The molecule has 0 bridgehead atoms. The minimum absolute atomic E-state index is 0.0289. The van der Waals surface area contributed by atoms with Crippen molar-refractivity contribution in [3.63, 3.8) is 0 Å². The van der Waals surface area contributed by atoms with Crippen molar-refractivity contribution in [1.82, 2.24) is 0 Å². The molecule has 0 saturated carbocycles. The summed E-state index contributed by atoms with van der Waals surface area (Å²) in [6, 6.07) is 29.8. The van der Waals surface area contributed by atoms with Crippen LogP contribution in [0.1, 0.15) is 22.6 Å². The van der Waals surface area contributed by atoms with Gasteiger partial charge in [-0.2, -0.15) is 0 Å². The number of phenols is 2. The van der Waals surface area contributed by atoms with Crippen molar-refractivity contribution < 1.29 is 10.2 Å². The van der Waals surface area contributed by atoms with E-state index in [-0.39, 0.29) is 17.4 Å². The maximum Gasteiger partial charge on any atom is 0.165 e. The van der Waals surface area contributed by atoms with Crippen molar-refractivity contribution in [2.24, 2.45) is 0 Å². The highest BCUT2D eigenvalue weighted by atomic mass is 16.3. The Labute approximate surface area is 146 Å². The predicted octanol–water partition coefficient (Wildman–Crippen LogP) is 5.43. The van der Waals surface area contributed by atoms with Crippen molar-refractivity contribution in [2.45, 2.75) is 5.92 Å². The molecule has 2 N–H and O–H groups in total. The molecule has 4 rings (SSSR count). The van der Waals surface area contributed by atoms with Crippen LogP contribution >= 0.6 is 0 Å². The lowest BCUT2D eigenvalue weighted by Crippen LogP contribution is -2.04. The Kier molecular flexibility index (Phi) is 3.87. The normalized spacial score (nSPS) is 11.1. The number of phenolic OH excluding ortho intramolecular Hbond substituents is 2. The highest BCUT2D eigenvalue weighted by Gasteiger charge is 2.21. The lowest BCUT2D eigenvalue weighted by atomic mass is 9.82. The molecule has 2 heteroatoms. The third kappa shape index (κ3) is 2.72. The number of hydrogen-bond donors (Lipinski definition) is 2. The summed E-state index contributed by atoms with van der Waals surface area (Å²) in [5.41, 5.74) is 3.26. The summed E-state index contributed by atoms with van der Waals surface area (Å²) in [5, 5.41) is 22.1. The van der Waals surface area contributed by atoms with E-state index in [0.717, 1.165) is 22.1 Å². The molecule has 0 fully saturated rings. The molecule has 0 saturated heterocycles. The third-order valence-electron chi connectivity index (χ3n) is 4.60. The van der Waals surface area contributed by atoms with Gasteiger partial charge in [-0.1, -0.05) is 84.9 Å². The van der Waals surface area contributed by atoms with Crippen molar-refractivity contribution >= 4 is 10.8 Å². The fourth-order valence-corrected chi connectivity index (χ4v) is 3.45. The summed E-state index contributed by atoms with van der Waals surface area (Å²) in [4.78, 5) is 0. The van der Waals surface area contributed by atoms with E-state index >= 15 is 0 Å². The topological polar surface area (TPSA) is 40.5 Å². The van der Waals surface area contributed by atoms with E-state index in [1.54, 1.807) is 6.07 Å². The van der Waals surface area contributed by atoms with Crippen LogP contribution in [0.2, 0.25) is 0 Å². The Bertz CT molecular complexity index is 969. The lowest BCUT2D eigenvalue weighted by Gasteiger charge is -2.21. The van der Waals surface area contributed by atoms with E-state index in [2.05, 4.69) is 24.3 Å². The minimum Gasteiger partial charge on any atom is -0.504 e. The molecule has 0 spiro atoms. The monoisotopic (exact) mass is 326 g/mol. The summed E-state index contributed by atoms with van der Waals surface area (Å²) in [6.07, 6.45) is 0. The van der Waals surface area contributed by atoms with Crippen LogP contribution in [0.15, 0.2) is 91.0 Å². The Morgan fingerprint density at radius 1 is 0.560 bits per heavy atom. The number of rotatable bonds is 3. The van der Waals surface area contributed by atoms with Crippen LogP contribution in [-0.2, 0) is 0 Å². The largest absolute Gasteiger partial charge is 0.504 e. The van der Waals surface area contributed by atoms with Crippen LogP contribution < -0.4 is 0 Å². The molecule has 0 radical (unpaired) electrons. The van der Waals surface area contributed by atoms with E-state index in [0.29, 0.717) is 5.39 Å². The molecule has 0 aromatic heterocycles. The number of hydrogen-bond acceptors (Lipinski definition) is 2. The summed E-state index contributed by atoms with van der Waals surface area (Å²) in [6.45, 7) is 0. The Morgan fingerprint density at radius 3 is 1.60 bits per heavy atom. The second kappa shape index (κ2) is 6.33. The minimum atomic E-state index is -0.0921. The highest BCUT2D eigenvalue weighted by molar-refractivity contribution is 5.94. The van der Waals surface area contributed by atoms with E-state index in [4.69, 9.17) is 0 Å². The molecule has 0 unspecified atom stereocenters. The number of aromatic hydroxyl groups is 2. The lowest BCUT2D eigenvalue weighted by molar-refractivity contribution is 0.407. The molecule has 0 aliphatic rings. The molecule has 4 aromatic rings. The van der Waals surface area contributed by atoms with Gasteiger partial charge in [-0.3, -0.25) is 0 Å². The predicted molar refractivity (Wildman–Crippen MR) is 101 cm³/mol. The van der Waals surface area contributed by atoms with Gasteiger partial charge in [-0.25, -0.2) is 0 Å². The second-order valence-electron chi connectivity index (χ2n) is 6.13. The SMILES string of the molecule is Oc1cc(C(c2ccccc2)c2ccccc2)c2ccccc2c1O. The molecular weight excluding hydrogens is 308 g/mol. The fraction of sp³-hybridized carbons (Fsp3) is 0.0435. The first-order valence-electron chi connectivity index (χ1n) is 8.29. The van der Waals surface area contributed by atoms with E-state index in [1.165, 1.54) is 0 Å². The van der Waals surface area contributed by atoms with Gasteiger partial charge in [0.25, 0.3) is 0 Å². The fourth-order valence-electron chi connectivity index (χ4n) is 3.45. The van der Waals surface area contributed by atoms with Gasteiger partial charge in [0.2, 0.25) is 0 Å². The van der Waals surface area contributed by atoms with Crippen molar-refractivity contribution in [3.05, 3.63) is 108 Å². The summed E-state index contributed by atoms with van der Waals surface area (Å²) in [5.74, 6) is -0.191. The van der Waals surface area contributed by atoms with E-state index < -0.39 is 0 Å². The molecule has 0 atom stereocenters. The van der Waals surface area contributed by atoms with Crippen LogP contribution in [0, 0.1) is 0 Å². The zero-order valence-corrected chi connectivity index (χ0v) is 13.6. The maximum absolute atomic E-state index is 10.3. The average molecular weight is 326 g/mol. The first-order valence-corrected chi connectivity index (χ1v) is 8.29. The third-order valence-corrected chi connectivity index (χ3v) is 4.60. The zero-order valence-electron chi connectivity index (χ0n) is 13.6. The van der Waals surface area contributed by atoms with Gasteiger partial charge in [-0.05, 0) is 28.1 Å². The van der Waals surface area contributed by atoms with Crippen LogP contribution in [0.3, 0.4) is 0 Å². The Hall–Kier alpha value is -3.26. The molecule has 0 heterocycles. The summed E-state index contributed by atoms with van der Waals surface area (Å²) in [7, 11) is 0.